The van der Waals surface area contributed by atoms with E-state index in [9.17, 15) is 9.00 Å². The van der Waals surface area contributed by atoms with Crippen LogP contribution in [0.3, 0.4) is 0 Å². The molecule has 82 valence electrons. The van der Waals surface area contributed by atoms with Crippen LogP contribution in [0.1, 0.15) is 23.2 Å². The first-order valence-corrected chi connectivity index (χ1v) is 8.12. The minimum absolute atomic E-state index is 0.344. The maximum atomic E-state index is 12.0. The molecule has 0 aromatic carbocycles. The normalized spacial score (nSPS) is 19.0. The fourth-order valence-corrected chi connectivity index (χ4v) is 4.71. The predicted molar refractivity (Wildman–Crippen MR) is 65.9 cm³/mol. The molecule has 6 heteroatoms. The second-order valence-corrected chi connectivity index (χ2v) is 8.26. The van der Waals surface area contributed by atoms with Gasteiger partial charge in [-0.1, -0.05) is 0 Å². The molecule has 0 atom stereocenters. The van der Waals surface area contributed by atoms with Gasteiger partial charge in [0.1, 0.15) is 0 Å². The Hall–Kier alpha value is -0.200. The van der Waals surface area contributed by atoms with E-state index in [1.54, 1.807) is 11.4 Å². The number of amides is 1. The number of halogens is 1. The van der Waals surface area contributed by atoms with Crippen molar-refractivity contribution in [2.45, 2.75) is 12.8 Å². The number of thiophene rings is 1. The number of carbonyl (C=O) groups excluding carboxylic acids is 1. The van der Waals surface area contributed by atoms with Crippen molar-refractivity contribution < 1.29 is 9.00 Å². The van der Waals surface area contributed by atoms with Crippen molar-refractivity contribution >= 4 is 42.9 Å². The first-order valence-electron chi connectivity index (χ1n) is 4.60. The van der Waals surface area contributed by atoms with Gasteiger partial charge in [-0.25, -0.2) is 4.21 Å². The largest absolute Gasteiger partial charge is 0.285 e. The fraction of sp³-hybridized carbons (Fsp3) is 0.444. The van der Waals surface area contributed by atoms with Gasteiger partial charge in [-0.05, 0) is 34.8 Å². The number of nitrogens with zero attached hydrogens (tertiary/aromatic N) is 1. The summed E-state index contributed by atoms with van der Waals surface area (Å²) in [5.74, 6) is 0.803. The summed E-state index contributed by atoms with van der Waals surface area (Å²) < 4.78 is 16.7. The summed E-state index contributed by atoms with van der Waals surface area (Å²) in [6, 6.07) is 1.72. The van der Waals surface area contributed by atoms with Crippen molar-refractivity contribution in [1.82, 2.24) is 0 Å². The van der Waals surface area contributed by atoms with E-state index in [1.807, 2.05) is 0 Å². The van der Waals surface area contributed by atoms with Crippen molar-refractivity contribution in [3.63, 3.8) is 0 Å². The Morgan fingerprint density at radius 1 is 1.47 bits per heavy atom. The smallest absolute Gasteiger partial charge is 0.266 e. The van der Waals surface area contributed by atoms with Crippen LogP contribution in [0.15, 0.2) is 19.6 Å². The van der Waals surface area contributed by atoms with E-state index in [2.05, 4.69) is 20.3 Å². The quantitative estimate of drug-likeness (QED) is 0.801. The van der Waals surface area contributed by atoms with Crippen molar-refractivity contribution in [3.05, 3.63) is 20.8 Å². The number of hydrogen-bond donors (Lipinski definition) is 0. The van der Waals surface area contributed by atoms with Gasteiger partial charge in [-0.3, -0.25) is 4.79 Å². The van der Waals surface area contributed by atoms with Crippen LogP contribution in [0.5, 0.6) is 0 Å². The van der Waals surface area contributed by atoms with E-state index < -0.39 is 9.73 Å². The van der Waals surface area contributed by atoms with E-state index in [0.717, 1.165) is 16.6 Å². The highest BCUT2D eigenvalue weighted by molar-refractivity contribution is 9.11. The van der Waals surface area contributed by atoms with E-state index in [0.29, 0.717) is 17.1 Å². The van der Waals surface area contributed by atoms with Crippen molar-refractivity contribution in [2.24, 2.45) is 4.36 Å². The highest BCUT2D eigenvalue weighted by Gasteiger charge is 2.19. The molecule has 1 fully saturated rings. The van der Waals surface area contributed by atoms with Crippen LogP contribution >= 0.6 is 27.3 Å². The first-order chi connectivity index (χ1) is 7.09. The lowest BCUT2D eigenvalue weighted by molar-refractivity contribution is 0.101. The molecule has 0 bridgehead atoms. The monoisotopic (exact) mass is 307 g/mol. The molecule has 1 aliphatic rings. The molecule has 3 nitrogen and oxygen atoms in total. The average molecular weight is 308 g/mol. The summed E-state index contributed by atoms with van der Waals surface area (Å²) in [6.07, 6.45) is 1.84. The van der Waals surface area contributed by atoms with E-state index in [1.165, 1.54) is 11.3 Å². The number of carbonyl (C=O) groups is 1. The summed E-state index contributed by atoms with van der Waals surface area (Å²) in [4.78, 5) is 11.7. The molecule has 0 spiro atoms. The Morgan fingerprint density at radius 3 is 2.67 bits per heavy atom. The van der Waals surface area contributed by atoms with Crippen molar-refractivity contribution in [2.75, 3.05) is 11.5 Å². The van der Waals surface area contributed by atoms with Gasteiger partial charge in [0, 0.05) is 16.9 Å². The van der Waals surface area contributed by atoms with E-state index >= 15 is 0 Å². The Labute approximate surface area is 101 Å². The molecule has 0 radical (unpaired) electrons. The molecule has 1 amide bonds. The average Bonchev–Trinajstić information content (AvgIpc) is 2.75. The van der Waals surface area contributed by atoms with Gasteiger partial charge in [0.15, 0.2) is 0 Å². The van der Waals surface area contributed by atoms with E-state index in [4.69, 9.17) is 0 Å². The Bertz CT molecular complexity index is 488. The summed E-state index contributed by atoms with van der Waals surface area (Å²) in [6.45, 7) is 0. The molecule has 15 heavy (non-hydrogen) atoms. The topological polar surface area (TPSA) is 46.5 Å². The summed E-state index contributed by atoms with van der Waals surface area (Å²) in [5.41, 5.74) is 0.529. The minimum Gasteiger partial charge on any atom is -0.266 e. The lowest BCUT2D eigenvalue weighted by Gasteiger charge is -1.97. The number of rotatable bonds is 1. The Balaban J connectivity index is 2.26. The predicted octanol–water partition coefficient (Wildman–Crippen LogP) is 2.91. The third-order valence-corrected chi connectivity index (χ3v) is 6.10. The standard InChI is InChI=1S/C9H10BrNO2S2/c10-8-5-7(6-14-8)9(12)11-15(13)3-1-2-4-15/h5-6H,1-4H2. The van der Waals surface area contributed by atoms with Crippen LogP contribution < -0.4 is 0 Å². The molecule has 2 rings (SSSR count). The van der Waals surface area contributed by atoms with Crippen molar-refractivity contribution in [1.29, 1.82) is 0 Å². The second kappa shape index (κ2) is 4.35. The Morgan fingerprint density at radius 2 is 2.13 bits per heavy atom. The first kappa shape index (κ1) is 11.3. The maximum absolute atomic E-state index is 12.0. The minimum atomic E-state index is -2.23. The second-order valence-electron chi connectivity index (χ2n) is 3.42. The zero-order valence-electron chi connectivity index (χ0n) is 7.94. The van der Waals surface area contributed by atoms with Crippen LogP contribution in [-0.2, 0) is 9.73 Å². The SMILES string of the molecule is O=C(N=S1(=O)CCCC1)c1csc(Br)c1. The lowest BCUT2D eigenvalue weighted by Crippen LogP contribution is -2.05. The molecule has 1 aliphatic heterocycles. The van der Waals surface area contributed by atoms with Crippen molar-refractivity contribution in [3.8, 4) is 0 Å². The van der Waals surface area contributed by atoms with Gasteiger partial charge in [-0.2, -0.15) is 4.36 Å². The third kappa shape index (κ3) is 2.68. The molecule has 1 saturated heterocycles. The van der Waals surface area contributed by atoms with Crippen LogP contribution in [0.4, 0.5) is 0 Å². The molecule has 0 N–H and O–H groups in total. The fourth-order valence-electron chi connectivity index (χ4n) is 1.47. The molecule has 0 aliphatic carbocycles. The van der Waals surface area contributed by atoms with Gasteiger partial charge in [0.25, 0.3) is 5.91 Å². The Kier molecular flexibility index (Phi) is 3.27. The van der Waals surface area contributed by atoms with Crippen LogP contribution in [0.2, 0.25) is 0 Å². The molecule has 0 unspecified atom stereocenters. The van der Waals surface area contributed by atoms with Gasteiger partial charge in [0.2, 0.25) is 0 Å². The highest BCUT2D eigenvalue weighted by atomic mass is 79.9. The summed E-state index contributed by atoms with van der Waals surface area (Å²) in [5, 5.41) is 1.73. The van der Waals surface area contributed by atoms with Crippen LogP contribution in [-0.4, -0.2) is 21.6 Å². The maximum Gasteiger partial charge on any atom is 0.285 e. The lowest BCUT2D eigenvalue weighted by atomic mass is 10.3. The van der Waals surface area contributed by atoms with Gasteiger partial charge >= 0.3 is 0 Å². The molecular weight excluding hydrogens is 298 g/mol. The van der Waals surface area contributed by atoms with Crippen LogP contribution in [0, 0.1) is 0 Å². The zero-order valence-corrected chi connectivity index (χ0v) is 11.2. The molecule has 2 heterocycles. The summed E-state index contributed by atoms with van der Waals surface area (Å²) in [7, 11) is -2.23. The highest BCUT2D eigenvalue weighted by Crippen LogP contribution is 2.22. The third-order valence-electron chi connectivity index (χ3n) is 2.24. The summed E-state index contributed by atoms with van der Waals surface area (Å²) >= 11 is 4.71. The number of hydrogen-bond acceptors (Lipinski definition) is 3. The van der Waals surface area contributed by atoms with Crippen LogP contribution in [0.25, 0.3) is 0 Å². The molecule has 0 saturated carbocycles. The molecule has 1 aromatic rings. The van der Waals surface area contributed by atoms with Gasteiger partial charge in [-0.15, -0.1) is 11.3 Å². The van der Waals surface area contributed by atoms with E-state index in [-0.39, 0.29) is 5.91 Å². The zero-order chi connectivity index (χ0) is 10.9. The molecular formula is C9H10BrNO2S2. The van der Waals surface area contributed by atoms with Gasteiger partial charge in [0.05, 0.1) is 19.1 Å². The molecule has 1 aromatic heterocycles. The van der Waals surface area contributed by atoms with Gasteiger partial charge < -0.3 is 0 Å².